The number of fused-ring (bicyclic) bond motifs is 5. The summed E-state index contributed by atoms with van der Waals surface area (Å²) >= 11 is 1.39. The van der Waals surface area contributed by atoms with Crippen LogP contribution < -0.4 is 21.5 Å². The van der Waals surface area contributed by atoms with E-state index in [1.807, 2.05) is 30.3 Å². The quantitative estimate of drug-likeness (QED) is 0.0972. The first kappa shape index (κ1) is 34.4. The van der Waals surface area contributed by atoms with Gasteiger partial charge < -0.3 is 35.8 Å². The van der Waals surface area contributed by atoms with Crippen LogP contribution in [-0.2, 0) is 23.3 Å². The van der Waals surface area contributed by atoms with Crippen molar-refractivity contribution >= 4 is 34.1 Å². The van der Waals surface area contributed by atoms with Crippen LogP contribution in [0.15, 0.2) is 65.5 Å². The first-order valence-electron chi connectivity index (χ1n) is 17.6. The fraction of sp³-hybridized carbons (Fsp3) is 0.447. The highest BCUT2D eigenvalue weighted by Gasteiger charge is 2.57. The van der Waals surface area contributed by atoms with Crippen molar-refractivity contribution in [2.75, 3.05) is 39.3 Å². The molecule has 4 aliphatic rings. The number of nitrogens with zero attached hydrogens (tertiary/aromatic N) is 1. The second kappa shape index (κ2) is 14.7. The van der Waals surface area contributed by atoms with E-state index in [1.165, 1.54) is 23.5 Å². The smallest absolute Gasteiger partial charge is 0.328 e. The molecule has 11 nitrogen and oxygen atoms in total. The number of hydrogen-bond acceptors (Lipinski definition) is 9. The van der Waals surface area contributed by atoms with Crippen molar-refractivity contribution in [3.8, 4) is 5.75 Å². The molecule has 3 fully saturated rings. The number of phenols is 1. The van der Waals surface area contributed by atoms with Crippen LogP contribution in [0.1, 0.15) is 63.0 Å². The molecule has 4 aromatic rings. The molecular weight excluding hydrogens is 655 g/mol. The molecule has 0 spiro atoms. The maximum Gasteiger partial charge on any atom is 0.328 e. The number of aliphatic carboxylic acids is 1. The third kappa shape index (κ3) is 6.70. The number of H-pyrrole nitrogens is 1. The average molecular weight is 700 g/mol. The van der Waals surface area contributed by atoms with Crippen LogP contribution in [0.4, 0.5) is 0 Å². The monoisotopic (exact) mass is 699 g/mol. The van der Waals surface area contributed by atoms with Crippen molar-refractivity contribution in [2.24, 2.45) is 17.8 Å². The van der Waals surface area contributed by atoms with Crippen LogP contribution in [-0.4, -0.2) is 76.3 Å². The van der Waals surface area contributed by atoms with Crippen molar-refractivity contribution in [2.45, 2.75) is 50.3 Å². The number of aliphatic hydroxyl groups is 1. The Balaban J connectivity index is 0.895. The molecule has 50 heavy (non-hydrogen) atoms. The maximum absolute atomic E-state index is 13.3. The highest BCUT2D eigenvalue weighted by Crippen LogP contribution is 2.51. The third-order valence-electron chi connectivity index (χ3n) is 11.1. The van der Waals surface area contributed by atoms with Crippen LogP contribution in [0, 0.1) is 17.8 Å². The van der Waals surface area contributed by atoms with Gasteiger partial charge in [-0.3, -0.25) is 14.9 Å². The number of phenolic OH excluding ortho intramolecular Hbond substituents is 1. The molecule has 12 heteroatoms. The molecule has 3 unspecified atom stereocenters. The zero-order valence-electron chi connectivity index (χ0n) is 28.0. The number of carboxylic acids is 1. The predicted octanol–water partition coefficient (Wildman–Crippen LogP) is 3.71. The fourth-order valence-corrected chi connectivity index (χ4v) is 9.44. The number of benzene rings is 2. The van der Waals surface area contributed by atoms with E-state index in [0.717, 1.165) is 67.7 Å². The summed E-state index contributed by atoms with van der Waals surface area (Å²) in [6.45, 7) is 5.00. The van der Waals surface area contributed by atoms with Crippen LogP contribution in [0.2, 0.25) is 0 Å². The Hall–Kier alpha value is -4.07. The molecular formula is C38H45N5O6S. The third-order valence-corrected chi connectivity index (χ3v) is 12.2. The molecule has 2 aromatic carbocycles. The molecule has 8 rings (SSSR count). The van der Waals surface area contributed by atoms with Gasteiger partial charge in [0.15, 0.2) is 0 Å². The molecule has 0 radical (unpaired) electrons. The molecule has 3 saturated heterocycles. The van der Waals surface area contributed by atoms with Gasteiger partial charge in [-0.2, -0.15) is 0 Å². The second-order valence-electron chi connectivity index (χ2n) is 14.0. The number of hydrogen-bond donors (Lipinski definition) is 7. The van der Waals surface area contributed by atoms with Gasteiger partial charge in [0.05, 0.1) is 16.5 Å². The summed E-state index contributed by atoms with van der Waals surface area (Å²) in [6.07, 6.45) is 3.75. The van der Waals surface area contributed by atoms with Crippen molar-refractivity contribution < 1.29 is 24.9 Å². The number of carboxylic acid groups (broad SMARTS) is 1. The Morgan fingerprint density at radius 1 is 1.02 bits per heavy atom. The van der Waals surface area contributed by atoms with E-state index in [-0.39, 0.29) is 23.1 Å². The minimum atomic E-state index is -1.17. The number of piperidine rings is 3. The molecule has 5 heterocycles. The van der Waals surface area contributed by atoms with Gasteiger partial charge in [-0.1, -0.05) is 30.3 Å². The molecule has 3 aliphatic heterocycles. The second-order valence-corrected chi connectivity index (χ2v) is 15.1. The van der Waals surface area contributed by atoms with Gasteiger partial charge in [0.2, 0.25) is 5.56 Å². The van der Waals surface area contributed by atoms with Crippen molar-refractivity contribution in [3.63, 3.8) is 0 Å². The van der Waals surface area contributed by atoms with E-state index in [0.29, 0.717) is 59.4 Å². The Kier molecular flexibility index (Phi) is 10.1. The number of thiophene rings is 1. The molecule has 7 N–H and O–H groups in total. The number of aliphatic hydroxyl groups excluding tert-OH is 1. The Morgan fingerprint density at radius 3 is 2.60 bits per heavy atom. The number of rotatable bonds is 14. The highest BCUT2D eigenvalue weighted by atomic mass is 32.1. The molecule has 2 bridgehead atoms. The number of unbranched alkanes of at least 4 members (excludes halogenated alkanes) is 1. The molecule has 4 atom stereocenters. The maximum atomic E-state index is 13.3. The zero-order valence-corrected chi connectivity index (χ0v) is 28.8. The van der Waals surface area contributed by atoms with Gasteiger partial charge in [0.1, 0.15) is 11.3 Å². The van der Waals surface area contributed by atoms with Crippen molar-refractivity contribution in [3.05, 3.63) is 97.5 Å². The number of aromatic amines is 1. The fourth-order valence-electron chi connectivity index (χ4n) is 8.57. The van der Waals surface area contributed by atoms with Gasteiger partial charge in [0, 0.05) is 48.4 Å². The topological polar surface area (TPSA) is 167 Å². The van der Waals surface area contributed by atoms with Crippen molar-refractivity contribution in [1.82, 2.24) is 25.8 Å². The predicted molar refractivity (Wildman–Crippen MR) is 192 cm³/mol. The Bertz CT molecular complexity index is 1920. The van der Waals surface area contributed by atoms with Gasteiger partial charge in [-0.25, -0.2) is 4.79 Å². The lowest BCUT2D eigenvalue weighted by atomic mass is 9.66. The highest BCUT2D eigenvalue weighted by molar-refractivity contribution is 7.14. The van der Waals surface area contributed by atoms with Gasteiger partial charge in [-0.05, 0) is 105 Å². The van der Waals surface area contributed by atoms with E-state index in [1.54, 1.807) is 12.1 Å². The van der Waals surface area contributed by atoms with Crippen LogP contribution in [0.3, 0.4) is 0 Å². The summed E-state index contributed by atoms with van der Waals surface area (Å²) in [5, 5.41) is 42.1. The van der Waals surface area contributed by atoms with E-state index in [2.05, 4.69) is 31.9 Å². The van der Waals surface area contributed by atoms with E-state index in [9.17, 15) is 29.7 Å². The number of nitrogens with one attached hydrogen (secondary N) is 4. The molecule has 264 valence electrons. The molecule has 2 aromatic heterocycles. The normalized spacial score (nSPS) is 24.7. The number of pyridine rings is 1. The summed E-state index contributed by atoms with van der Waals surface area (Å²) in [4.78, 5) is 44.5. The standard InChI is InChI=1S/C38H45N5O6S/c44-31-10-8-26(27-9-12-34(46)42-35(27)31)32(45)21-39-15-3-4-16-40-36(47)33-11-7-25(50-33)20-41-38(37(48)49)29-6-2-1-5-24(29)19-30(38)28-22-43-17-13-23(28)14-18-43/h1-2,5-12,23,28,30,32,39,41,44-45H,3-4,13-22H2,(H,40,47)(H,42,46)(H,48,49)/t28?,30?,32?,38-/m0/s1. The molecule has 1 amide bonds. The van der Waals surface area contributed by atoms with E-state index in [4.69, 9.17) is 0 Å². The van der Waals surface area contributed by atoms with Gasteiger partial charge in [0.25, 0.3) is 5.91 Å². The van der Waals surface area contributed by atoms with Crippen LogP contribution in [0.5, 0.6) is 5.75 Å². The summed E-state index contributed by atoms with van der Waals surface area (Å²) in [5.41, 5.74) is 1.41. The van der Waals surface area contributed by atoms with Crippen molar-refractivity contribution in [1.29, 1.82) is 0 Å². The minimum absolute atomic E-state index is 0.0366. The molecule has 1 aliphatic carbocycles. The lowest BCUT2D eigenvalue weighted by molar-refractivity contribution is -0.150. The lowest BCUT2D eigenvalue weighted by Crippen LogP contribution is -2.59. The van der Waals surface area contributed by atoms with Crippen LogP contribution in [0.25, 0.3) is 10.9 Å². The summed E-state index contributed by atoms with van der Waals surface area (Å²) in [5.74, 6) is -0.176. The number of amides is 1. The van der Waals surface area contributed by atoms with Gasteiger partial charge >= 0.3 is 5.97 Å². The average Bonchev–Trinajstić information content (AvgIpc) is 3.74. The minimum Gasteiger partial charge on any atom is -0.506 e. The summed E-state index contributed by atoms with van der Waals surface area (Å²) in [6, 6.07) is 17.8. The van der Waals surface area contributed by atoms with Crippen LogP contribution >= 0.6 is 11.3 Å². The largest absolute Gasteiger partial charge is 0.506 e. The first-order valence-corrected chi connectivity index (χ1v) is 18.5. The number of carbonyl (C=O) groups excluding carboxylic acids is 1. The first-order chi connectivity index (χ1) is 24.2. The Morgan fingerprint density at radius 2 is 1.82 bits per heavy atom. The number of aromatic nitrogens is 1. The lowest BCUT2D eigenvalue weighted by Gasteiger charge is -2.50. The SMILES string of the molecule is O=C(NCCCCNCC(O)c1ccc(O)c2[nH]c(=O)ccc12)c1ccc(CN[C@@]2(C(=O)O)c3ccccc3CC2C2CN3CCC2CC3)s1. The zero-order chi connectivity index (χ0) is 34.8. The van der Waals surface area contributed by atoms with E-state index >= 15 is 0 Å². The van der Waals surface area contributed by atoms with E-state index < -0.39 is 17.6 Å². The summed E-state index contributed by atoms with van der Waals surface area (Å²) in [7, 11) is 0. The van der Waals surface area contributed by atoms with Gasteiger partial charge in [-0.15, -0.1) is 11.3 Å². The summed E-state index contributed by atoms with van der Waals surface area (Å²) < 4.78 is 0. The Labute approximate surface area is 294 Å². The number of carbonyl (C=O) groups is 2. The number of aromatic hydroxyl groups is 1. The molecule has 0 saturated carbocycles.